The fourth-order valence-electron chi connectivity index (χ4n) is 1.38. The van der Waals surface area contributed by atoms with Gasteiger partial charge in [-0.3, -0.25) is 4.79 Å². The van der Waals surface area contributed by atoms with Gasteiger partial charge in [-0.15, -0.1) is 0 Å². The lowest BCUT2D eigenvalue weighted by molar-refractivity contribution is -0.118. The summed E-state index contributed by atoms with van der Waals surface area (Å²) in [4.78, 5) is 11.4. The normalized spacial score (nSPS) is 11.3. The van der Waals surface area contributed by atoms with Gasteiger partial charge in [0, 0.05) is 12.8 Å². The first-order valence-corrected chi connectivity index (χ1v) is 7.01. The molecule has 0 saturated heterocycles. The number of rotatable bonds is 6. The van der Waals surface area contributed by atoms with E-state index in [0.29, 0.717) is 24.2 Å². The number of sulfone groups is 1. The van der Waals surface area contributed by atoms with Crippen molar-refractivity contribution in [2.45, 2.75) is 31.1 Å². The van der Waals surface area contributed by atoms with Gasteiger partial charge in [0.25, 0.3) is 0 Å². The van der Waals surface area contributed by atoms with Gasteiger partial charge in [0.1, 0.15) is 5.78 Å². The van der Waals surface area contributed by atoms with E-state index >= 15 is 0 Å². The molecule has 4 heteroatoms. The molecule has 0 fully saturated rings. The Morgan fingerprint density at radius 3 is 2.38 bits per heavy atom. The van der Waals surface area contributed by atoms with E-state index in [4.69, 9.17) is 0 Å². The molecule has 0 heterocycles. The SMILES string of the molecule is CCC(=O)CCCS(=O)(=O)c1ccccc1. The van der Waals surface area contributed by atoms with Gasteiger partial charge in [-0.2, -0.15) is 0 Å². The van der Waals surface area contributed by atoms with Gasteiger partial charge in [-0.05, 0) is 18.6 Å². The second kappa shape index (κ2) is 5.80. The number of benzene rings is 1. The third kappa shape index (κ3) is 3.77. The molecular formula is C12H16O3S. The van der Waals surface area contributed by atoms with Crippen molar-refractivity contribution in [3.63, 3.8) is 0 Å². The third-order valence-electron chi connectivity index (χ3n) is 2.37. The van der Waals surface area contributed by atoms with Crippen LogP contribution in [0.3, 0.4) is 0 Å². The lowest BCUT2D eigenvalue weighted by atomic mass is 10.2. The number of ketones is 1. The van der Waals surface area contributed by atoms with Crippen molar-refractivity contribution in [1.82, 2.24) is 0 Å². The third-order valence-corrected chi connectivity index (χ3v) is 4.18. The van der Waals surface area contributed by atoms with Crippen LogP contribution in [-0.4, -0.2) is 20.0 Å². The standard InChI is InChI=1S/C12H16O3S/c1-2-11(13)7-6-10-16(14,15)12-8-4-3-5-9-12/h3-5,8-9H,2,6-7,10H2,1H3. The van der Waals surface area contributed by atoms with E-state index in [1.54, 1.807) is 37.3 Å². The van der Waals surface area contributed by atoms with Crippen LogP contribution in [0.15, 0.2) is 35.2 Å². The maximum Gasteiger partial charge on any atom is 0.178 e. The molecule has 0 spiro atoms. The summed E-state index contributed by atoms with van der Waals surface area (Å²) in [5.74, 6) is 0.159. The first kappa shape index (κ1) is 12.9. The summed E-state index contributed by atoms with van der Waals surface area (Å²) < 4.78 is 23.6. The molecule has 0 amide bonds. The summed E-state index contributed by atoms with van der Waals surface area (Å²) in [6.07, 6.45) is 1.23. The fraction of sp³-hybridized carbons (Fsp3) is 0.417. The van der Waals surface area contributed by atoms with Crippen LogP contribution >= 0.6 is 0 Å². The van der Waals surface area contributed by atoms with Gasteiger partial charge in [-0.25, -0.2) is 8.42 Å². The van der Waals surface area contributed by atoms with Crippen LogP contribution in [-0.2, 0) is 14.6 Å². The predicted molar refractivity (Wildman–Crippen MR) is 63.0 cm³/mol. The Bertz CT molecular complexity index is 435. The van der Waals surface area contributed by atoms with Crippen molar-refractivity contribution in [2.75, 3.05) is 5.75 Å². The topological polar surface area (TPSA) is 51.2 Å². The molecule has 0 bridgehead atoms. The van der Waals surface area contributed by atoms with Gasteiger partial charge in [0.05, 0.1) is 10.6 Å². The lowest BCUT2D eigenvalue weighted by Crippen LogP contribution is -2.08. The first-order valence-electron chi connectivity index (χ1n) is 5.36. The fourth-order valence-corrected chi connectivity index (χ4v) is 2.71. The molecule has 1 aromatic rings. The van der Waals surface area contributed by atoms with Crippen molar-refractivity contribution in [3.05, 3.63) is 30.3 Å². The minimum absolute atomic E-state index is 0.0444. The summed E-state index contributed by atoms with van der Waals surface area (Å²) in [7, 11) is -3.22. The molecule has 0 aromatic heterocycles. The van der Waals surface area contributed by atoms with E-state index in [9.17, 15) is 13.2 Å². The molecule has 0 aliphatic carbocycles. The van der Waals surface area contributed by atoms with Crippen LogP contribution in [0, 0.1) is 0 Å². The molecule has 0 aliphatic heterocycles. The van der Waals surface area contributed by atoms with E-state index in [2.05, 4.69) is 0 Å². The Hall–Kier alpha value is -1.16. The second-order valence-electron chi connectivity index (χ2n) is 3.63. The second-order valence-corrected chi connectivity index (χ2v) is 5.74. The molecule has 16 heavy (non-hydrogen) atoms. The number of carbonyl (C=O) groups is 1. The van der Waals surface area contributed by atoms with E-state index in [1.165, 1.54) is 0 Å². The summed E-state index contributed by atoms with van der Waals surface area (Å²) in [5.41, 5.74) is 0. The van der Waals surface area contributed by atoms with Crippen molar-refractivity contribution in [3.8, 4) is 0 Å². The largest absolute Gasteiger partial charge is 0.300 e. The maximum atomic E-state index is 11.8. The maximum absolute atomic E-state index is 11.8. The molecule has 0 atom stereocenters. The molecule has 0 aliphatic rings. The van der Waals surface area contributed by atoms with Gasteiger partial charge in [0.15, 0.2) is 9.84 Å². The summed E-state index contributed by atoms with van der Waals surface area (Å²) >= 11 is 0. The molecular weight excluding hydrogens is 224 g/mol. The zero-order valence-electron chi connectivity index (χ0n) is 9.35. The molecule has 1 rings (SSSR count). The minimum atomic E-state index is -3.22. The van der Waals surface area contributed by atoms with Crippen LogP contribution in [0.4, 0.5) is 0 Å². The van der Waals surface area contributed by atoms with E-state index in [1.807, 2.05) is 0 Å². The Balaban J connectivity index is 2.57. The Morgan fingerprint density at radius 1 is 1.19 bits per heavy atom. The first-order chi connectivity index (χ1) is 7.56. The lowest BCUT2D eigenvalue weighted by Gasteiger charge is -2.03. The summed E-state index contributed by atoms with van der Waals surface area (Å²) in [6.45, 7) is 1.79. The Kier molecular flexibility index (Phi) is 4.68. The number of Topliss-reactive ketones (excluding diaryl/α,β-unsaturated/α-hetero) is 1. The number of hydrogen-bond donors (Lipinski definition) is 0. The highest BCUT2D eigenvalue weighted by Gasteiger charge is 2.13. The monoisotopic (exact) mass is 240 g/mol. The van der Waals surface area contributed by atoms with Crippen molar-refractivity contribution in [1.29, 1.82) is 0 Å². The van der Waals surface area contributed by atoms with E-state index in [-0.39, 0.29) is 11.5 Å². The molecule has 1 aromatic carbocycles. The molecule has 88 valence electrons. The molecule has 0 radical (unpaired) electrons. The smallest absolute Gasteiger partial charge is 0.178 e. The van der Waals surface area contributed by atoms with Crippen LogP contribution in [0.1, 0.15) is 26.2 Å². The van der Waals surface area contributed by atoms with Gasteiger partial charge < -0.3 is 0 Å². The Labute approximate surface area is 96.4 Å². The average molecular weight is 240 g/mol. The highest BCUT2D eigenvalue weighted by Crippen LogP contribution is 2.12. The number of hydrogen-bond acceptors (Lipinski definition) is 3. The molecule has 0 N–H and O–H groups in total. The average Bonchev–Trinajstić information content (AvgIpc) is 2.30. The van der Waals surface area contributed by atoms with Gasteiger partial charge >= 0.3 is 0 Å². The Morgan fingerprint density at radius 2 is 1.81 bits per heavy atom. The van der Waals surface area contributed by atoms with Crippen LogP contribution in [0.25, 0.3) is 0 Å². The minimum Gasteiger partial charge on any atom is -0.300 e. The molecule has 0 saturated carbocycles. The van der Waals surface area contributed by atoms with E-state index < -0.39 is 9.84 Å². The zero-order valence-corrected chi connectivity index (χ0v) is 10.2. The zero-order chi connectivity index (χ0) is 12.0. The summed E-state index contributed by atoms with van der Waals surface area (Å²) in [5, 5.41) is 0. The molecule has 3 nitrogen and oxygen atoms in total. The highest BCUT2D eigenvalue weighted by molar-refractivity contribution is 7.91. The quantitative estimate of drug-likeness (QED) is 0.766. The van der Waals surface area contributed by atoms with Gasteiger partial charge in [0.2, 0.25) is 0 Å². The van der Waals surface area contributed by atoms with E-state index in [0.717, 1.165) is 0 Å². The van der Waals surface area contributed by atoms with Crippen molar-refractivity contribution < 1.29 is 13.2 Å². The van der Waals surface area contributed by atoms with Crippen molar-refractivity contribution >= 4 is 15.6 Å². The summed E-state index contributed by atoms with van der Waals surface area (Å²) in [6, 6.07) is 8.34. The van der Waals surface area contributed by atoms with Crippen LogP contribution < -0.4 is 0 Å². The van der Waals surface area contributed by atoms with Crippen molar-refractivity contribution in [2.24, 2.45) is 0 Å². The number of carbonyl (C=O) groups excluding carboxylic acids is 1. The molecule has 0 unspecified atom stereocenters. The van der Waals surface area contributed by atoms with Crippen LogP contribution in [0.2, 0.25) is 0 Å². The van der Waals surface area contributed by atoms with Gasteiger partial charge in [-0.1, -0.05) is 25.1 Å². The predicted octanol–water partition coefficient (Wildman–Crippen LogP) is 2.22. The highest BCUT2D eigenvalue weighted by atomic mass is 32.2. The van der Waals surface area contributed by atoms with Crippen LogP contribution in [0.5, 0.6) is 0 Å².